The molecular weight excluding hydrogens is 448 g/mol. The average Bonchev–Trinajstić information content (AvgIpc) is 2.79. The second-order valence-electron chi connectivity index (χ2n) is 8.28. The number of ether oxygens (including phenoxy) is 2. The van der Waals surface area contributed by atoms with Crippen LogP contribution in [0.2, 0.25) is 0 Å². The smallest absolute Gasteiger partial charge is 0.335 e. The first-order valence-corrected chi connectivity index (χ1v) is 11.0. The first kappa shape index (κ1) is 25.3. The molecule has 0 aliphatic rings. The first-order chi connectivity index (χ1) is 16.6. The molecule has 0 heterocycles. The van der Waals surface area contributed by atoms with Crippen LogP contribution in [-0.4, -0.2) is 36.1 Å². The molecule has 3 rings (SSSR count). The van der Waals surface area contributed by atoms with Crippen molar-refractivity contribution in [1.29, 1.82) is 0 Å². The fourth-order valence-electron chi connectivity index (χ4n) is 3.47. The van der Waals surface area contributed by atoms with Gasteiger partial charge in [0.1, 0.15) is 11.5 Å². The van der Waals surface area contributed by atoms with Crippen molar-refractivity contribution in [3.63, 3.8) is 0 Å². The van der Waals surface area contributed by atoms with E-state index in [2.05, 4.69) is 10.6 Å². The molecule has 0 saturated heterocycles. The van der Waals surface area contributed by atoms with Gasteiger partial charge in [-0.2, -0.15) is 0 Å². The molecule has 35 heavy (non-hydrogen) atoms. The Kier molecular flexibility index (Phi) is 8.09. The third-order valence-electron chi connectivity index (χ3n) is 5.19. The van der Waals surface area contributed by atoms with Gasteiger partial charge in [0, 0.05) is 0 Å². The molecule has 2 amide bonds. The molecular formula is C27H28N2O6. The number of carbonyl (C=O) groups is 3. The van der Waals surface area contributed by atoms with Crippen LogP contribution in [0, 0.1) is 27.7 Å². The van der Waals surface area contributed by atoms with Crippen LogP contribution >= 0.6 is 0 Å². The molecule has 3 N–H and O–H groups in total. The van der Waals surface area contributed by atoms with Crippen molar-refractivity contribution in [3.05, 3.63) is 82.4 Å². The highest BCUT2D eigenvalue weighted by atomic mass is 16.5. The van der Waals surface area contributed by atoms with E-state index in [1.165, 1.54) is 18.2 Å². The van der Waals surface area contributed by atoms with Gasteiger partial charge in [0.25, 0.3) is 11.8 Å². The van der Waals surface area contributed by atoms with Crippen molar-refractivity contribution in [2.45, 2.75) is 27.7 Å². The lowest BCUT2D eigenvalue weighted by Gasteiger charge is -2.15. The van der Waals surface area contributed by atoms with E-state index in [-0.39, 0.29) is 30.2 Å². The number of benzene rings is 3. The topological polar surface area (TPSA) is 114 Å². The number of hydrogen-bond donors (Lipinski definition) is 3. The second-order valence-corrected chi connectivity index (χ2v) is 8.28. The summed E-state index contributed by atoms with van der Waals surface area (Å²) in [6.45, 7) is 7.15. The van der Waals surface area contributed by atoms with Gasteiger partial charge in [-0.15, -0.1) is 0 Å². The Balaban J connectivity index is 1.68. The van der Waals surface area contributed by atoms with E-state index in [1.807, 2.05) is 52.0 Å². The van der Waals surface area contributed by atoms with E-state index in [0.29, 0.717) is 11.5 Å². The number of carboxylic acid groups (broad SMARTS) is 1. The Morgan fingerprint density at radius 1 is 0.686 bits per heavy atom. The summed E-state index contributed by atoms with van der Waals surface area (Å²) in [5.74, 6) is -0.973. The van der Waals surface area contributed by atoms with Gasteiger partial charge in [-0.1, -0.05) is 35.4 Å². The maximum absolute atomic E-state index is 12.5. The molecule has 8 heteroatoms. The second kappa shape index (κ2) is 11.2. The van der Waals surface area contributed by atoms with E-state index < -0.39 is 17.8 Å². The molecule has 0 atom stereocenters. The Morgan fingerprint density at radius 2 is 1.17 bits per heavy atom. The summed E-state index contributed by atoms with van der Waals surface area (Å²) in [5.41, 5.74) is 4.29. The largest absolute Gasteiger partial charge is 0.483 e. The van der Waals surface area contributed by atoms with Crippen molar-refractivity contribution in [2.75, 3.05) is 23.8 Å². The third kappa shape index (κ3) is 7.07. The molecule has 0 spiro atoms. The van der Waals surface area contributed by atoms with Crippen LogP contribution < -0.4 is 20.1 Å². The van der Waals surface area contributed by atoms with Gasteiger partial charge in [0.15, 0.2) is 13.2 Å². The number of amides is 2. The number of carbonyl (C=O) groups excluding carboxylic acids is 2. The van der Waals surface area contributed by atoms with Crippen LogP contribution in [0.3, 0.4) is 0 Å². The van der Waals surface area contributed by atoms with Crippen LogP contribution in [0.25, 0.3) is 0 Å². The number of rotatable bonds is 9. The summed E-state index contributed by atoms with van der Waals surface area (Å²) in [4.78, 5) is 36.5. The predicted molar refractivity (Wildman–Crippen MR) is 133 cm³/mol. The molecule has 182 valence electrons. The minimum atomic E-state index is -1.16. The van der Waals surface area contributed by atoms with Gasteiger partial charge in [-0.05, 0) is 69.2 Å². The maximum Gasteiger partial charge on any atom is 0.335 e. The molecule has 3 aromatic rings. The zero-order chi connectivity index (χ0) is 25.5. The number of aryl methyl sites for hydroxylation is 4. The number of anilines is 2. The number of nitrogens with one attached hydrogen (secondary N) is 2. The molecule has 0 saturated carbocycles. The summed E-state index contributed by atoms with van der Waals surface area (Å²) in [7, 11) is 0. The summed E-state index contributed by atoms with van der Waals surface area (Å²) < 4.78 is 11.2. The Labute approximate surface area is 203 Å². The first-order valence-electron chi connectivity index (χ1n) is 11.0. The Bertz CT molecular complexity index is 1270. The van der Waals surface area contributed by atoms with Gasteiger partial charge in [-0.3, -0.25) is 9.59 Å². The molecule has 3 aromatic carbocycles. The molecule has 0 aliphatic carbocycles. The summed E-state index contributed by atoms with van der Waals surface area (Å²) in [5, 5.41) is 14.6. The van der Waals surface area contributed by atoms with Crippen molar-refractivity contribution >= 4 is 29.2 Å². The quantitative estimate of drug-likeness (QED) is 0.414. The predicted octanol–water partition coefficient (Wildman–Crippen LogP) is 4.65. The zero-order valence-electron chi connectivity index (χ0n) is 20.1. The standard InChI is InChI=1S/C27H28N2O6/c1-16-5-9-23(18(3)11-16)34-14-25(30)28-21-8-7-20(27(32)33)13-22(21)29-26(31)15-35-24-10-6-17(2)12-19(24)4/h5-13H,14-15H2,1-4H3,(H,28,30)(H,29,31)(H,32,33). The molecule has 0 aromatic heterocycles. The highest BCUT2D eigenvalue weighted by Gasteiger charge is 2.15. The highest BCUT2D eigenvalue weighted by Crippen LogP contribution is 2.25. The summed E-state index contributed by atoms with van der Waals surface area (Å²) >= 11 is 0. The normalized spacial score (nSPS) is 10.4. The average molecular weight is 477 g/mol. The fourth-order valence-corrected chi connectivity index (χ4v) is 3.47. The molecule has 0 aliphatic heterocycles. The molecule has 0 bridgehead atoms. The molecule has 0 fully saturated rings. The summed E-state index contributed by atoms with van der Waals surface area (Å²) in [6.07, 6.45) is 0. The third-order valence-corrected chi connectivity index (χ3v) is 5.19. The number of hydrogen-bond acceptors (Lipinski definition) is 5. The van der Waals surface area contributed by atoms with E-state index in [0.717, 1.165) is 22.3 Å². The van der Waals surface area contributed by atoms with E-state index >= 15 is 0 Å². The molecule has 8 nitrogen and oxygen atoms in total. The van der Waals surface area contributed by atoms with Crippen molar-refractivity contribution in [2.24, 2.45) is 0 Å². The lowest BCUT2D eigenvalue weighted by molar-refractivity contribution is -0.119. The number of aromatic carboxylic acids is 1. The van der Waals surface area contributed by atoms with Crippen LogP contribution in [0.1, 0.15) is 32.6 Å². The lowest BCUT2D eigenvalue weighted by atomic mass is 10.1. The molecule has 0 radical (unpaired) electrons. The van der Waals surface area contributed by atoms with E-state index in [4.69, 9.17) is 9.47 Å². The van der Waals surface area contributed by atoms with Crippen LogP contribution in [0.4, 0.5) is 11.4 Å². The van der Waals surface area contributed by atoms with Crippen molar-refractivity contribution in [3.8, 4) is 11.5 Å². The van der Waals surface area contributed by atoms with Gasteiger partial charge in [0.05, 0.1) is 16.9 Å². The fraction of sp³-hybridized carbons (Fsp3) is 0.222. The summed E-state index contributed by atoms with van der Waals surface area (Å²) in [6, 6.07) is 15.3. The zero-order valence-corrected chi connectivity index (χ0v) is 20.1. The van der Waals surface area contributed by atoms with Crippen LogP contribution in [0.5, 0.6) is 11.5 Å². The van der Waals surface area contributed by atoms with Gasteiger partial charge in [-0.25, -0.2) is 4.79 Å². The van der Waals surface area contributed by atoms with Gasteiger partial charge >= 0.3 is 5.97 Å². The monoisotopic (exact) mass is 476 g/mol. The van der Waals surface area contributed by atoms with Crippen LogP contribution in [0.15, 0.2) is 54.6 Å². The molecule has 0 unspecified atom stereocenters. The van der Waals surface area contributed by atoms with E-state index in [9.17, 15) is 19.5 Å². The lowest BCUT2D eigenvalue weighted by Crippen LogP contribution is -2.24. The SMILES string of the molecule is Cc1ccc(OCC(=O)Nc2ccc(C(=O)O)cc2NC(=O)COc2ccc(C)cc2C)c(C)c1. The van der Waals surface area contributed by atoms with E-state index in [1.54, 1.807) is 12.1 Å². The minimum absolute atomic E-state index is 0.0415. The highest BCUT2D eigenvalue weighted by molar-refractivity contribution is 6.02. The number of carboxylic acids is 1. The van der Waals surface area contributed by atoms with Gasteiger partial charge in [0.2, 0.25) is 0 Å². The minimum Gasteiger partial charge on any atom is -0.483 e. The van der Waals surface area contributed by atoms with Crippen LogP contribution in [-0.2, 0) is 9.59 Å². The van der Waals surface area contributed by atoms with Gasteiger partial charge < -0.3 is 25.2 Å². The maximum atomic E-state index is 12.5. The Hall–Kier alpha value is -4.33. The van der Waals surface area contributed by atoms with Crippen molar-refractivity contribution in [1.82, 2.24) is 0 Å². The van der Waals surface area contributed by atoms with Crippen molar-refractivity contribution < 1.29 is 29.0 Å². The Morgan fingerprint density at radius 3 is 1.63 bits per heavy atom.